The van der Waals surface area contributed by atoms with Crippen LogP contribution in [0.3, 0.4) is 0 Å². The molecule has 2 heterocycles. The third-order valence-corrected chi connectivity index (χ3v) is 5.14. The molecule has 1 aromatic heterocycles. The van der Waals surface area contributed by atoms with Gasteiger partial charge in [-0.15, -0.1) is 0 Å². The van der Waals surface area contributed by atoms with Crippen molar-refractivity contribution in [3.63, 3.8) is 0 Å². The van der Waals surface area contributed by atoms with E-state index < -0.39 is 12.0 Å². The Morgan fingerprint density at radius 2 is 1.83 bits per heavy atom. The predicted molar refractivity (Wildman–Crippen MR) is 112 cm³/mol. The summed E-state index contributed by atoms with van der Waals surface area (Å²) in [4.78, 5) is 17.8. The third kappa shape index (κ3) is 3.49. The van der Waals surface area contributed by atoms with Crippen LogP contribution in [0, 0.1) is 12.8 Å². The number of amides is 1. The largest absolute Gasteiger partial charge is 0.497 e. The molecule has 9 nitrogen and oxygen atoms in total. The van der Waals surface area contributed by atoms with E-state index >= 15 is 0 Å². The number of fused-ring (bicyclic) bond motifs is 1. The van der Waals surface area contributed by atoms with Crippen molar-refractivity contribution >= 4 is 23.3 Å². The molecule has 2 unspecified atom stereocenters. The van der Waals surface area contributed by atoms with Crippen molar-refractivity contribution in [1.29, 1.82) is 0 Å². The summed E-state index contributed by atoms with van der Waals surface area (Å²) in [5, 5.41) is 14.8. The molecule has 1 aliphatic rings. The topological polar surface area (TPSA) is 104 Å². The number of nitrogens with one attached hydrogen (secondary N) is 1. The predicted octanol–water partition coefficient (Wildman–Crippen LogP) is 2.95. The van der Waals surface area contributed by atoms with E-state index in [4.69, 9.17) is 9.47 Å². The van der Waals surface area contributed by atoms with Crippen LogP contribution in [0.15, 0.2) is 47.5 Å². The number of hydrogen-bond donors (Lipinski definition) is 1. The molecular formula is C21H22N6O3. The molecule has 30 heavy (non-hydrogen) atoms. The lowest BCUT2D eigenvalue weighted by molar-refractivity contribution is -0.118. The molecule has 1 amide bonds. The number of carbonyl (C=O) groups excluding carboxylic acids is 1. The van der Waals surface area contributed by atoms with Crippen LogP contribution in [0.2, 0.25) is 0 Å². The summed E-state index contributed by atoms with van der Waals surface area (Å²) < 4.78 is 12.5. The maximum absolute atomic E-state index is 13.4. The minimum atomic E-state index is -0.650. The number of aromatic nitrogens is 4. The molecule has 0 spiro atoms. The summed E-state index contributed by atoms with van der Waals surface area (Å²) in [5.74, 6) is 0.713. The van der Waals surface area contributed by atoms with Gasteiger partial charge in [0.1, 0.15) is 23.5 Å². The molecule has 2 aromatic carbocycles. The van der Waals surface area contributed by atoms with E-state index in [1.807, 2.05) is 37.3 Å². The van der Waals surface area contributed by atoms with Gasteiger partial charge in [-0.2, -0.15) is 0 Å². The minimum absolute atomic E-state index is 0.212. The van der Waals surface area contributed by atoms with Crippen LogP contribution in [-0.4, -0.2) is 46.0 Å². The SMILES string of the molecule is COc1ccc(OC)c(C2C(C(=O)Nc3ccc(C)cc3)C(C)=Nc3nnnn32)c1. The van der Waals surface area contributed by atoms with Crippen LogP contribution >= 0.6 is 0 Å². The number of ether oxygens (including phenoxy) is 2. The number of methoxy groups -OCH3 is 2. The number of carbonyl (C=O) groups is 1. The van der Waals surface area contributed by atoms with Gasteiger partial charge in [0.05, 0.1) is 14.2 Å². The third-order valence-electron chi connectivity index (χ3n) is 5.14. The Bertz CT molecular complexity index is 1110. The lowest BCUT2D eigenvalue weighted by atomic mass is 9.87. The van der Waals surface area contributed by atoms with Crippen molar-refractivity contribution in [2.75, 3.05) is 19.5 Å². The van der Waals surface area contributed by atoms with E-state index in [1.165, 1.54) is 0 Å². The van der Waals surface area contributed by atoms with Gasteiger partial charge in [0.2, 0.25) is 5.91 Å². The van der Waals surface area contributed by atoms with Crippen molar-refractivity contribution in [2.24, 2.45) is 10.9 Å². The average molecular weight is 406 g/mol. The van der Waals surface area contributed by atoms with Gasteiger partial charge >= 0.3 is 0 Å². The molecule has 9 heteroatoms. The highest BCUT2D eigenvalue weighted by Crippen LogP contribution is 2.40. The summed E-state index contributed by atoms with van der Waals surface area (Å²) in [6.07, 6.45) is 0. The second-order valence-electron chi connectivity index (χ2n) is 7.06. The first-order chi connectivity index (χ1) is 14.5. The monoisotopic (exact) mass is 406 g/mol. The molecule has 1 aliphatic heterocycles. The number of aliphatic imine (C=N–C) groups is 1. The number of hydrogen-bond acceptors (Lipinski definition) is 7. The first-order valence-electron chi connectivity index (χ1n) is 9.44. The van der Waals surface area contributed by atoms with Crippen LogP contribution in [0.4, 0.5) is 11.6 Å². The molecular weight excluding hydrogens is 384 g/mol. The van der Waals surface area contributed by atoms with Crippen LogP contribution in [-0.2, 0) is 4.79 Å². The number of benzene rings is 2. The molecule has 154 valence electrons. The molecule has 0 fully saturated rings. The summed E-state index contributed by atoms with van der Waals surface area (Å²) in [5.41, 5.74) is 3.15. The quantitative estimate of drug-likeness (QED) is 0.699. The molecule has 3 aromatic rings. The number of aryl methyl sites for hydroxylation is 1. The second kappa shape index (κ2) is 7.94. The highest BCUT2D eigenvalue weighted by atomic mass is 16.5. The van der Waals surface area contributed by atoms with Gasteiger partial charge < -0.3 is 14.8 Å². The second-order valence-corrected chi connectivity index (χ2v) is 7.06. The lowest BCUT2D eigenvalue weighted by Gasteiger charge is -2.30. The van der Waals surface area contributed by atoms with E-state index in [9.17, 15) is 4.79 Å². The van der Waals surface area contributed by atoms with Crippen molar-refractivity contribution in [2.45, 2.75) is 19.9 Å². The maximum Gasteiger partial charge on any atom is 0.269 e. The van der Waals surface area contributed by atoms with E-state index in [2.05, 4.69) is 25.8 Å². The summed E-state index contributed by atoms with van der Waals surface area (Å²) >= 11 is 0. The average Bonchev–Trinajstić information content (AvgIpc) is 3.21. The van der Waals surface area contributed by atoms with Gasteiger partial charge in [-0.25, -0.2) is 9.67 Å². The first-order valence-corrected chi connectivity index (χ1v) is 9.44. The fourth-order valence-corrected chi connectivity index (χ4v) is 3.61. The van der Waals surface area contributed by atoms with E-state index in [0.717, 1.165) is 11.1 Å². The zero-order valence-electron chi connectivity index (χ0n) is 17.2. The summed E-state index contributed by atoms with van der Waals surface area (Å²) in [6.45, 7) is 3.80. The molecule has 1 N–H and O–H groups in total. The molecule has 4 rings (SSSR count). The molecule has 0 bridgehead atoms. The van der Waals surface area contributed by atoms with Crippen LogP contribution in [0.5, 0.6) is 11.5 Å². The molecule has 0 aliphatic carbocycles. The van der Waals surface area contributed by atoms with Crippen molar-refractivity contribution < 1.29 is 14.3 Å². The Hall–Kier alpha value is -3.75. The van der Waals surface area contributed by atoms with Gasteiger partial charge in [-0.1, -0.05) is 22.8 Å². The molecule has 2 atom stereocenters. The highest BCUT2D eigenvalue weighted by Gasteiger charge is 2.40. The minimum Gasteiger partial charge on any atom is -0.497 e. The highest BCUT2D eigenvalue weighted by molar-refractivity contribution is 6.10. The number of nitrogens with zero attached hydrogens (tertiary/aromatic N) is 5. The van der Waals surface area contributed by atoms with Crippen LogP contribution in [0.1, 0.15) is 24.1 Å². The number of anilines is 1. The Labute approximate surface area is 173 Å². The first kappa shape index (κ1) is 19.6. The van der Waals surface area contributed by atoms with Crippen molar-refractivity contribution in [1.82, 2.24) is 20.2 Å². The van der Waals surface area contributed by atoms with Gasteiger partial charge in [0, 0.05) is 17.0 Å². The normalized spacial score (nSPS) is 17.7. The molecule has 0 saturated carbocycles. The van der Waals surface area contributed by atoms with E-state index in [1.54, 1.807) is 38.0 Å². The Morgan fingerprint density at radius 1 is 1.07 bits per heavy atom. The van der Waals surface area contributed by atoms with Gasteiger partial charge in [-0.05, 0) is 54.6 Å². The lowest BCUT2D eigenvalue weighted by Crippen LogP contribution is -2.39. The van der Waals surface area contributed by atoms with Crippen LogP contribution in [0.25, 0.3) is 0 Å². The van der Waals surface area contributed by atoms with Crippen molar-refractivity contribution in [3.8, 4) is 11.5 Å². The fraction of sp³-hybridized carbons (Fsp3) is 0.286. The zero-order chi connectivity index (χ0) is 21.3. The van der Waals surface area contributed by atoms with Gasteiger partial charge in [-0.3, -0.25) is 4.79 Å². The number of rotatable bonds is 5. The van der Waals surface area contributed by atoms with E-state index in [0.29, 0.717) is 28.8 Å². The van der Waals surface area contributed by atoms with Gasteiger partial charge in [0.25, 0.3) is 5.95 Å². The zero-order valence-corrected chi connectivity index (χ0v) is 17.2. The summed E-state index contributed by atoms with van der Waals surface area (Å²) in [6, 6.07) is 12.5. The van der Waals surface area contributed by atoms with Gasteiger partial charge in [0.15, 0.2) is 0 Å². The maximum atomic E-state index is 13.4. The number of tetrazole rings is 1. The Balaban J connectivity index is 1.80. The Morgan fingerprint density at radius 3 is 2.53 bits per heavy atom. The molecule has 0 radical (unpaired) electrons. The summed E-state index contributed by atoms with van der Waals surface area (Å²) in [7, 11) is 3.17. The Kier molecular flexibility index (Phi) is 5.18. The fourth-order valence-electron chi connectivity index (χ4n) is 3.61. The van der Waals surface area contributed by atoms with Crippen molar-refractivity contribution in [3.05, 3.63) is 53.6 Å². The smallest absolute Gasteiger partial charge is 0.269 e. The molecule has 0 saturated heterocycles. The standard InChI is InChI=1S/C21H22N6O3/c1-12-5-7-14(8-6-12)23-20(28)18-13(2)22-21-24-25-26-27(21)19(18)16-11-15(29-3)9-10-17(16)30-4/h5-11,18-19H,1-4H3,(H,23,28). The van der Waals surface area contributed by atoms with Crippen LogP contribution < -0.4 is 14.8 Å². The van der Waals surface area contributed by atoms with E-state index in [-0.39, 0.29) is 5.91 Å².